The lowest BCUT2D eigenvalue weighted by molar-refractivity contribution is -0.385. The first-order valence-electron chi connectivity index (χ1n) is 12.1. The zero-order valence-corrected chi connectivity index (χ0v) is 23.5. The summed E-state index contributed by atoms with van der Waals surface area (Å²) in [5, 5.41) is 10.9. The highest BCUT2D eigenvalue weighted by atomic mass is 79.9. The van der Waals surface area contributed by atoms with Gasteiger partial charge in [-0.05, 0) is 66.6 Å². The molecule has 0 aromatic heterocycles. The molecule has 1 aliphatic rings. The molecule has 3 aromatic carbocycles. The van der Waals surface area contributed by atoms with Crippen molar-refractivity contribution in [2.45, 2.75) is 26.5 Å². The zero-order chi connectivity index (χ0) is 27.9. The summed E-state index contributed by atoms with van der Waals surface area (Å²) >= 11 is 4.23. The van der Waals surface area contributed by atoms with Crippen molar-refractivity contribution in [3.05, 3.63) is 115 Å². The van der Waals surface area contributed by atoms with Gasteiger partial charge < -0.3 is 9.47 Å². The number of carbonyl (C=O) groups is 2. The van der Waals surface area contributed by atoms with E-state index in [4.69, 9.17) is 9.47 Å². The summed E-state index contributed by atoms with van der Waals surface area (Å²) in [6.45, 7) is 6.27. The van der Waals surface area contributed by atoms with Gasteiger partial charge in [0, 0.05) is 21.7 Å². The van der Waals surface area contributed by atoms with Crippen molar-refractivity contribution >= 4 is 50.6 Å². The molecule has 0 unspecified atom stereocenters. The van der Waals surface area contributed by atoms with E-state index in [1.165, 1.54) is 12.1 Å². The Balaban J connectivity index is 1.62. The van der Waals surface area contributed by atoms with Crippen LogP contribution in [-0.2, 0) is 24.4 Å². The molecule has 0 N–H and O–H groups in total. The average molecular weight is 609 g/mol. The van der Waals surface area contributed by atoms with Gasteiger partial charge in [-0.25, -0.2) is 0 Å². The van der Waals surface area contributed by atoms with Gasteiger partial charge in [-0.1, -0.05) is 52.3 Å². The Hall–Kier alpha value is -3.89. The fraction of sp³-hybridized carbons (Fsp3) is 0.172. The van der Waals surface area contributed by atoms with Crippen LogP contribution < -0.4 is 9.47 Å². The lowest BCUT2D eigenvalue weighted by Gasteiger charge is -2.17. The maximum atomic E-state index is 13.1. The first kappa shape index (κ1) is 28.1. The predicted octanol–water partition coefficient (Wildman–Crippen LogP) is 7.30. The minimum Gasteiger partial charge on any atom is -0.490 e. The fourth-order valence-corrected chi connectivity index (χ4v) is 5.12. The molecule has 39 heavy (non-hydrogen) atoms. The van der Waals surface area contributed by atoms with Crippen molar-refractivity contribution in [3.63, 3.8) is 0 Å². The Labute approximate surface area is 238 Å². The third-order valence-corrected chi connectivity index (χ3v) is 7.24. The lowest BCUT2D eigenvalue weighted by atomic mass is 10.0. The molecule has 0 aliphatic carbocycles. The second-order valence-corrected chi connectivity index (χ2v) is 10.4. The van der Waals surface area contributed by atoms with Gasteiger partial charge in [0.2, 0.25) is 0 Å². The van der Waals surface area contributed by atoms with E-state index in [1.807, 2.05) is 37.3 Å². The summed E-state index contributed by atoms with van der Waals surface area (Å²) < 4.78 is 13.0. The van der Waals surface area contributed by atoms with Gasteiger partial charge in [0.15, 0.2) is 11.5 Å². The number of imide groups is 1. The molecule has 3 aromatic rings. The Morgan fingerprint density at radius 2 is 1.82 bits per heavy atom. The van der Waals surface area contributed by atoms with Crippen LogP contribution in [0.1, 0.15) is 29.2 Å². The predicted molar refractivity (Wildman–Crippen MR) is 155 cm³/mol. The molecule has 10 heteroatoms. The number of halogens is 1. The van der Waals surface area contributed by atoms with Crippen LogP contribution in [0.25, 0.3) is 6.08 Å². The third kappa shape index (κ3) is 6.76. The molecule has 0 bridgehead atoms. The molecule has 200 valence electrons. The SMILES string of the molecule is C=CCc1cc(/C=C2\SC(=O)N(Cc3ccccc3[N+](=O)[O-])C2=O)cc(OCC)c1OCc1ccc(Br)cc1. The Bertz CT molecular complexity index is 1450. The van der Waals surface area contributed by atoms with E-state index in [1.54, 1.807) is 30.4 Å². The van der Waals surface area contributed by atoms with Gasteiger partial charge in [-0.15, -0.1) is 6.58 Å². The first-order valence-corrected chi connectivity index (χ1v) is 13.7. The summed E-state index contributed by atoms with van der Waals surface area (Å²) in [5.41, 5.74) is 2.60. The van der Waals surface area contributed by atoms with Gasteiger partial charge in [0.1, 0.15) is 6.61 Å². The number of nitro benzene ring substituents is 1. The van der Waals surface area contributed by atoms with Crippen LogP contribution in [0, 0.1) is 10.1 Å². The number of thioether (sulfide) groups is 1. The summed E-state index contributed by atoms with van der Waals surface area (Å²) in [6.07, 6.45) is 3.87. The summed E-state index contributed by atoms with van der Waals surface area (Å²) in [6, 6.07) is 17.5. The molecule has 4 rings (SSSR count). The fourth-order valence-electron chi connectivity index (χ4n) is 4.02. The standard InChI is InChI=1S/C29H25BrN2O6S/c1-3-7-21-14-20(15-25(37-4-2)27(21)38-18-19-10-12-23(30)13-11-19)16-26-28(33)31(29(34)39-26)17-22-8-5-6-9-24(22)32(35)36/h3,5-6,8-16H,1,4,7,17-18H2,2H3/b26-16-. The molecule has 0 atom stereocenters. The van der Waals surface area contributed by atoms with Crippen molar-refractivity contribution < 1.29 is 24.0 Å². The number of hydrogen-bond donors (Lipinski definition) is 0. The summed E-state index contributed by atoms with van der Waals surface area (Å²) in [7, 11) is 0. The number of nitro groups is 1. The summed E-state index contributed by atoms with van der Waals surface area (Å²) in [4.78, 5) is 37.9. The lowest BCUT2D eigenvalue weighted by Crippen LogP contribution is -2.27. The number of nitrogens with zero attached hydrogens (tertiary/aromatic N) is 2. The van der Waals surface area contributed by atoms with Crippen molar-refractivity contribution in [3.8, 4) is 11.5 Å². The van der Waals surface area contributed by atoms with Crippen LogP contribution in [0.5, 0.6) is 11.5 Å². The molecule has 1 heterocycles. The van der Waals surface area contributed by atoms with E-state index in [-0.39, 0.29) is 22.7 Å². The molecule has 1 fully saturated rings. The number of ether oxygens (including phenoxy) is 2. The normalized spacial score (nSPS) is 14.1. The number of hydrogen-bond acceptors (Lipinski definition) is 7. The molecular formula is C29H25BrN2O6S. The molecule has 1 saturated heterocycles. The van der Waals surface area contributed by atoms with Gasteiger partial charge >= 0.3 is 0 Å². The first-order chi connectivity index (χ1) is 18.8. The number of amides is 2. The Morgan fingerprint density at radius 1 is 1.08 bits per heavy atom. The Kier molecular flexibility index (Phi) is 9.21. The largest absolute Gasteiger partial charge is 0.490 e. The molecule has 0 saturated carbocycles. The van der Waals surface area contributed by atoms with Gasteiger partial charge in [0.25, 0.3) is 16.8 Å². The van der Waals surface area contributed by atoms with Crippen molar-refractivity contribution in [1.29, 1.82) is 0 Å². The van der Waals surface area contributed by atoms with Crippen LogP contribution in [0.3, 0.4) is 0 Å². The second-order valence-electron chi connectivity index (χ2n) is 8.50. The maximum absolute atomic E-state index is 13.1. The van der Waals surface area contributed by atoms with Gasteiger partial charge in [-0.2, -0.15) is 0 Å². The number of rotatable bonds is 11. The van der Waals surface area contributed by atoms with Crippen LogP contribution in [-0.4, -0.2) is 27.6 Å². The van der Waals surface area contributed by atoms with Crippen LogP contribution in [0.2, 0.25) is 0 Å². The van der Waals surface area contributed by atoms with Crippen LogP contribution >= 0.6 is 27.7 Å². The van der Waals surface area contributed by atoms with E-state index in [0.29, 0.717) is 36.7 Å². The van der Waals surface area contributed by atoms with Crippen molar-refractivity contribution in [2.75, 3.05) is 6.61 Å². The minimum absolute atomic E-state index is 0.144. The quantitative estimate of drug-likeness (QED) is 0.0974. The number of benzene rings is 3. The van der Waals surface area contributed by atoms with E-state index < -0.39 is 16.1 Å². The third-order valence-electron chi connectivity index (χ3n) is 5.80. The van der Waals surface area contributed by atoms with E-state index in [2.05, 4.69) is 22.5 Å². The molecule has 0 spiro atoms. The second kappa shape index (κ2) is 12.8. The van der Waals surface area contributed by atoms with E-state index in [9.17, 15) is 19.7 Å². The van der Waals surface area contributed by atoms with Crippen LogP contribution in [0.4, 0.5) is 10.5 Å². The molecule has 0 radical (unpaired) electrons. The Morgan fingerprint density at radius 3 is 2.51 bits per heavy atom. The highest BCUT2D eigenvalue weighted by Gasteiger charge is 2.36. The monoisotopic (exact) mass is 608 g/mol. The minimum atomic E-state index is -0.527. The maximum Gasteiger partial charge on any atom is 0.293 e. The zero-order valence-electron chi connectivity index (χ0n) is 21.1. The number of allylic oxidation sites excluding steroid dienone is 1. The average Bonchev–Trinajstić information content (AvgIpc) is 3.17. The van der Waals surface area contributed by atoms with E-state index in [0.717, 1.165) is 32.3 Å². The molecular weight excluding hydrogens is 584 g/mol. The topological polar surface area (TPSA) is 99.0 Å². The molecule has 1 aliphatic heterocycles. The summed E-state index contributed by atoms with van der Waals surface area (Å²) in [5.74, 6) is 0.586. The highest BCUT2D eigenvalue weighted by molar-refractivity contribution is 9.10. The van der Waals surface area contributed by atoms with Gasteiger partial charge in [-0.3, -0.25) is 24.6 Å². The number of carbonyl (C=O) groups excluding carboxylic acids is 2. The smallest absolute Gasteiger partial charge is 0.293 e. The molecule has 2 amide bonds. The molecule has 8 nitrogen and oxygen atoms in total. The number of para-hydroxylation sites is 1. The van der Waals surface area contributed by atoms with Crippen LogP contribution in [0.15, 0.2) is 82.7 Å². The van der Waals surface area contributed by atoms with Crippen molar-refractivity contribution in [1.82, 2.24) is 4.90 Å². The van der Waals surface area contributed by atoms with E-state index >= 15 is 0 Å². The highest BCUT2D eigenvalue weighted by Crippen LogP contribution is 2.38. The van der Waals surface area contributed by atoms with Crippen molar-refractivity contribution in [2.24, 2.45) is 0 Å². The van der Waals surface area contributed by atoms with Gasteiger partial charge in [0.05, 0.1) is 23.0 Å².